The third kappa shape index (κ3) is 4.38. The lowest BCUT2D eigenvalue weighted by atomic mass is 10.0. The molecular formula is C20H29BrN4O3S. The third-order valence-electron chi connectivity index (χ3n) is 6.97. The zero-order valence-electron chi connectivity index (χ0n) is 17.2. The van der Waals surface area contributed by atoms with E-state index < -0.39 is 9.84 Å². The summed E-state index contributed by atoms with van der Waals surface area (Å²) in [5.74, 6) is 0.595. The van der Waals surface area contributed by atoms with Crippen LogP contribution in [0.25, 0.3) is 0 Å². The summed E-state index contributed by atoms with van der Waals surface area (Å²) >= 11 is 3.41. The molecule has 1 aromatic rings. The van der Waals surface area contributed by atoms with Crippen LogP contribution >= 0.6 is 15.9 Å². The number of carbonyl (C=O) groups excluding carboxylic acids is 1. The molecule has 0 unspecified atom stereocenters. The molecule has 9 heteroatoms. The molecule has 0 radical (unpaired) electrons. The first-order valence-corrected chi connectivity index (χ1v) is 12.9. The molecule has 3 atom stereocenters. The first kappa shape index (κ1) is 21.2. The van der Waals surface area contributed by atoms with Crippen molar-refractivity contribution in [3.05, 3.63) is 22.3 Å². The molecule has 1 aliphatic carbocycles. The standard InChI is InChI=1S/C20H29BrN4O3S/c1-20-10-15(24(2)16(20)11-20)19(26)23-18-13(4-5-17(21)22-18)12-25-8-6-14(7-9-25)29(3,27)28/h4-5,14-16H,6-12H2,1-3H3,(H,22,23,26)/t15-,16+,20-/m0/s1. The molecule has 2 saturated heterocycles. The van der Waals surface area contributed by atoms with Crippen LogP contribution in [0.4, 0.5) is 5.82 Å². The molecular weight excluding hydrogens is 456 g/mol. The predicted octanol–water partition coefficient (Wildman–Crippen LogP) is 2.27. The number of rotatable bonds is 5. The van der Waals surface area contributed by atoms with Crippen LogP contribution in [-0.4, -0.2) is 72.8 Å². The minimum absolute atomic E-state index is 0.00330. The average molecular weight is 485 g/mol. The predicted molar refractivity (Wildman–Crippen MR) is 116 cm³/mol. The molecule has 1 amide bonds. The number of nitrogens with one attached hydrogen (secondary N) is 1. The highest BCUT2D eigenvalue weighted by Gasteiger charge is 2.61. The summed E-state index contributed by atoms with van der Waals surface area (Å²) in [7, 11) is -0.943. The molecule has 7 nitrogen and oxygen atoms in total. The average Bonchev–Trinajstić information content (AvgIpc) is 3.25. The highest BCUT2D eigenvalue weighted by atomic mass is 79.9. The fourth-order valence-electron chi connectivity index (χ4n) is 4.95. The van der Waals surface area contributed by atoms with E-state index in [-0.39, 0.29) is 22.6 Å². The number of fused-ring (bicyclic) bond motifs is 1. The van der Waals surface area contributed by atoms with Gasteiger partial charge in [-0.2, -0.15) is 0 Å². The number of halogens is 1. The molecule has 1 N–H and O–H groups in total. The van der Waals surface area contributed by atoms with Gasteiger partial charge >= 0.3 is 0 Å². The fraction of sp³-hybridized carbons (Fsp3) is 0.700. The van der Waals surface area contributed by atoms with E-state index in [9.17, 15) is 13.2 Å². The highest BCUT2D eigenvalue weighted by Crippen LogP contribution is 2.58. The van der Waals surface area contributed by atoms with Crippen molar-refractivity contribution in [2.75, 3.05) is 31.7 Å². The lowest BCUT2D eigenvalue weighted by Gasteiger charge is -2.31. The Kier molecular flexibility index (Phi) is 5.55. The topological polar surface area (TPSA) is 82.6 Å². The molecule has 0 spiro atoms. The number of anilines is 1. The van der Waals surface area contributed by atoms with Crippen molar-refractivity contribution >= 4 is 37.5 Å². The Morgan fingerprint density at radius 2 is 2.00 bits per heavy atom. The van der Waals surface area contributed by atoms with Crippen molar-refractivity contribution in [1.82, 2.24) is 14.8 Å². The quantitative estimate of drug-likeness (QED) is 0.645. The van der Waals surface area contributed by atoms with Crippen LogP contribution in [0.15, 0.2) is 16.7 Å². The molecule has 160 valence electrons. The van der Waals surface area contributed by atoms with E-state index in [0.717, 1.165) is 25.1 Å². The van der Waals surface area contributed by atoms with Crippen molar-refractivity contribution in [2.24, 2.45) is 5.41 Å². The first-order chi connectivity index (χ1) is 13.6. The van der Waals surface area contributed by atoms with Gasteiger partial charge in [-0.15, -0.1) is 0 Å². The second-order valence-corrected chi connectivity index (χ2v) is 12.3. The second kappa shape index (κ2) is 7.59. The van der Waals surface area contributed by atoms with Gasteiger partial charge in [0.15, 0.2) is 0 Å². The number of hydrogen-bond acceptors (Lipinski definition) is 6. The van der Waals surface area contributed by atoms with Crippen molar-refractivity contribution in [2.45, 2.75) is 56.5 Å². The molecule has 3 fully saturated rings. The fourth-order valence-corrected chi connectivity index (χ4v) is 6.33. The maximum Gasteiger partial charge on any atom is 0.242 e. The first-order valence-electron chi connectivity index (χ1n) is 10.2. The van der Waals surface area contributed by atoms with Gasteiger partial charge in [0.1, 0.15) is 20.3 Å². The molecule has 29 heavy (non-hydrogen) atoms. The number of aromatic nitrogens is 1. The van der Waals surface area contributed by atoms with E-state index in [1.165, 1.54) is 12.7 Å². The molecule has 0 aromatic carbocycles. The number of hydrogen-bond donors (Lipinski definition) is 1. The Balaban J connectivity index is 1.42. The summed E-state index contributed by atoms with van der Waals surface area (Å²) in [6.07, 6.45) is 4.69. The Bertz CT molecular complexity index is 916. The van der Waals surface area contributed by atoms with E-state index in [1.807, 2.05) is 19.2 Å². The van der Waals surface area contributed by atoms with Gasteiger partial charge in [-0.25, -0.2) is 13.4 Å². The molecule has 1 aromatic heterocycles. The van der Waals surface area contributed by atoms with Crippen LogP contribution in [0.5, 0.6) is 0 Å². The maximum atomic E-state index is 13.0. The molecule has 2 aliphatic heterocycles. The lowest BCUT2D eigenvalue weighted by molar-refractivity contribution is -0.120. The minimum atomic E-state index is -2.98. The number of likely N-dealkylation sites (tertiary alicyclic amines) is 2. The SMILES string of the molecule is CN1[C@H](C(=O)Nc2nc(Br)ccc2CN2CCC(S(C)(=O)=O)CC2)C[C@@]2(C)C[C@@H]12. The van der Waals surface area contributed by atoms with Crippen molar-refractivity contribution in [3.8, 4) is 0 Å². The maximum absolute atomic E-state index is 13.0. The lowest BCUT2D eigenvalue weighted by Crippen LogP contribution is -2.40. The Labute approximate surface area is 181 Å². The molecule has 1 saturated carbocycles. The van der Waals surface area contributed by atoms with Gasteiger partial charge in [-0.1, -0.05) is 13.0 Å². The zero-order chi connectivity index (χ0) is 21.0. The van der Waals surface area contributed by atoms with Gasteiger partial charge in [-0.3, -0.25) is 14.6 Å². The van der Waals surface area contributed by atoms with E-state index in [1.54, 1.807) is 0 Å². The minimum Gasteiger partial charge on any atom is -0.309 e. The number of nitrogens with zero attached hydrogens (tertiary/aromatic N) is 3. The summed E-state index contributed by atoms with van der Waals surface area (Å²) in [5, 5.41) is 2.82. The van der Waals surface area contributed by atoms with Crippen LogP contribution in [0.1, 0.15) is 38.2 Å². The van der Waals surface area contributed by atoms with Gasteiger partial charge in [0, 0.05) is 24.4 Å². The Morgan fingerprint density at radius 3 is 2.59 bits per heavy atom. The zero-order valence-corrected chi connectivity index (χ0v) is 19.6. The summed E-state index contributed by atoms with van der Waals surface area (Å²) in [6.45, 7) is 4.36. The van der Waals surface area contributed by atoms with E-state index in [2.05, 4.69) is 43.0 Å². The van der Waals surface area contributed by atoms with Crippen LogP contribution in [0, 0.1) is 5.41 Å². The molecule has 4 rings (SSSR count). The Morgan fingerprint density at radius 1 is 1.31 bits per heavy atom. The van der Waals surface area contributed by atoms with Crippen molar-refractivity contribution in [1.29, 1.82) is 0 Å². The van der Waals surface area contributed by atoms with Gasteiger partial charge in [0.05, 0.1) is 11.3 Å². The summed E-state index contributed by atoms with van der Waals surface area (Å²) in [4.78, 5) is 21.9. The molecule has 3 heterocycles. The summed E-state index contributed by atoms with van der Waals surface area (Å²) in [5.41, 5.74) is 1.24. The largest absolute Gasteiger partial charge is 0.309 e. The summed E-state index contributed by atoms with van der Waals surface area (Å²) in [6, 6.07) is 4.26. The van der Waals surface area contributed by atoms with Gasteiger partial charge in [0.2, 0.25) is 5.91 Å². The monoisotopic (exact) mass is 484 g/mol. The van der Waals surface area contributed by atoms with Crippen LogP contribution in [-0.2, 0) is 21.2 Å². The number of amides is 1. The van der Waals surface area contributed by atoms with Crippen LogP contribution in [0.2, 0.25) is 0 Å². The van der Waals surface area contributed by atoms with E-state index in [0.29, 0.717) is 35.8 Å². The normalized spacial score (nSPS) is 30.9. The number of piperidine rings is 2. The van der Waals surface area contributed by atoms with E-state index in [4.69, 9.17) is 0 Å². The third-order valence-corrected chi connectivity index (χ3v) is 9.09. The number of carbonyl (C=O) groups is 1. The highest BCUT2D eigenvalue weighted by molar-refractivity contribution is 9.10. The van der Waals surface area contributed by atoms with Crippen LogP contribution in [0.3, 0.4) is 0 Å². The van der Waals surface area contributed by atoms with Gasteiger partial charge in [0.25, 0.3) is 0 Å². The molecule has 0 bridgehead atoms. The van der Waals surface area contributed by atoms with Gasteiger partial charge < -0.3 is 5.32 Å². The Hall–Kier alpha value is -1.03. The van der Waals surface area contributed by atoms with Gasteiger partial charge in [-0.05, 0) is 73.2 Å². The molecule has 3 aliphatic rings. The number of pyridine rings is 1. The second-order valence-electron chi connectivity index (χ2n) is 9.20. The number of sulfone groups is 1. The van der Waals surface area contributed by atoms with Crippen LogP contribution < -0.4 is 5.32 Å². The van der Waals surface area contributed by atoms with Crippen molar-refractivity contribution in [3.63, 3.8) is 0 Å². The van der Waals surface area contributed by atoms with E-state index >= 15 is 0 Å². The summed E-state index contributed by atoms with van der Waals surface area (Å²) < 4.78 is 24.2. The van der Waals surface area contributed by atoms with Crippen molar-refractivity contribution < 1.29 is 13.2 Å². The smallest absolute Gasteiger partial charge is 0.242 e. The number of likely N-dealkylation sites (N-methyl/N-ethyl adjacent to an activating group) is 1.